The van der Waals surface area contributed by atoms with Crippen molar-refractivity contribution in [2.75, 3.05) is 12.0 Å². The summed E-state index contributed by atoms with van der Waals surface area (Å²) in [5.41, 5.74) is 2.14. The summed E-state index contributed by atoms with van der Waals surface area (Å²) in [5.74, 6) is -0.995. The summed E-state index contributed by atoms with van der Waals surface area (Å²) in [6.45, 7) is 5.67. The molecule has 0 radical (unpaired) electrons. The Kier molecular flexibility index (Phi) is 6.85. The summed E-state index contributed by atoms with van der Waals surface area (Å²) in [6, 6.07) is 18.5. The molecule has 1 atom stereocenters. The van der Waals surface area contributed by atoms with Crippen molar-refractivity contribution in [1.29, 1.82) is 0 Å². The number of hydrogen-bond donors (Lipinski definition) is 1. The van der Waals surface area contributed by atoms with Crippen LogP contribution in [0.3, 0.4) is 0 Å². The van der Waals surface area contributed by atoms with Gasteiger partial charge < -0.3 is 14.6 Å². The fraction of sp³-hybridized carbons (Fsp3) is 0.214. The van der Waals surface area contributed by atoms with Crippen LogP contribution in [0.4, 0.5) is 5.69 Å². The van der Waals surface area contributed by atoms with Gasteiger partial charge in [-0.05, 0) is 68.3 Å². The van der Waals surface area contributed by atoms with Gasteiger partial charge in [-0.3, -0.25) is 14.5 Å². The first-order valence-corrected chi connectivity index (χ1v) is 11.6. The van der Waals surface area contributed by atoms with Crippen molar-refractivity contribution in [3.05, 3.63) is 94.0 Å². The minimum absolute atomic E-state index is 0.00524. The largest absolute Gasteiger partial charge is 0.507 e. The Morgan fingerprint density at radius 3 is 2.29 bits per heavy atom. The molecule has 4 rings (SSSR count). The Morgan fingerprint density at radius 1 is 1.03 bits per heavy atom. The molecule has 7 heteroatoms. The van der Waals surface area contributed by atoms with Crippen LogP contribution >= 0.6 is 11.6 Å². The number of halogens is 1. The molecule has 6 nitrogen and oxygen atoms in total. The van der Waals surface area contributed by atoms with Crippen LogP contribution < -0.4 is 14.4 Å². The average Bonchev–Trinajstić information content (AvgIpc) is 3.09. The molecule has 3 aromatic carbocycles. The molecule has 35 heavy (non-hydrogen) atoms. The van der Waals surface area contributed by atoms with Gasteiger partial charge in [-0.15, -0.1) is 0 Å². The number of rotatable bonds is 6. The monoisotopic (exact) mass is 491 g/mol. The summed E-state index contributed by atoms with van der Waals surface area (Å²) in [7, 11) is 1.43. The maximum atomic E-state index is 13.4. The molecule has 1 saturated heterocycles. The molecular formula is C28H26ClNO5. The highest BCUT2D eigenvalue weighted by atomic mass is 35.5. The maximum absolute atomic E-state index is 13.4. The number of aliphatic hydroxyl groups excluding tert-OH is 1. The minimum atomic E-state index is -0.866. The van der Waals surface area contributed by atoms with Crippen LogP contribution in [0.15, 0.2) is 72.3 Å². The number of ketones is 1. The predicted octanol–water partition coefficient (Wildman–Crippen LogP) is 6.07. The highest BCUT2D eigenvalue weighted by Crippen LogP contribution is 2.44. The Morgan fingerprint density at radius 2 is 1.69 bits per heavy atom. The standard InChI is InChI=1S/C28H26ClNO5/c1-16(2)35-20-12-10-18(11-13-20)24-23(25(31)21-14-17(3)15-22(29)27(21)34-4)26(32)28(33)30(24)19-8-6-5-7-9-19/h5-16,24,31H,1-4H3/b25-23+. The van der Waals surface area contributed by atoms with E-state index in [2.05, 4.69) is 0 Å². The van der Waals surface area contributed by atoms with Gasteiger partial charge in [-0.2, -0.15) is 0 Å². The fourth-order valence-electron chi connectivity index (χ4n) is 4.26. The molecule has 1 amide bonds. The van der Waals surface area contributed by atoms with Gasteiger partial charge in [0.25, 0.3) is 11.7 Å². The van der Waals surface area contributed by atoms with Crippen LogP contribution in [0, 0.1) is 6.92 Å². The third-order valence-electron chi connectivity index (χ3n) is 5.69. The van der Waals surface area contributed by atoms with Crippen molar-refractivity contribution in [3.63, 3.8) is 0 Å². The van der Waals surface area contributed by atoms with Crippen LogP contribution in [-0.4, -0.2) is 30.0 Å². The number of benzene rings is 3. The van der Waals surface area contributed by atoms with Crippen LogP contribution in [0.25, 0.3) is 5.76 Å². The molecule has 0 aromatic heterocycles. The van der Waals surface area contributed by atoms with Crippen molar-refractivity contribution in [2.24, 2.45) is 0 Å². The number of Topliss-reactive ketones (excluding diaryl/α,β-unsaturated/α-hetero) is 1. The zero-order chi connectivity index (χ0) is 25.3. The highest BCUT2D eigenvalue weighted by molar-refractivity contribution is 6.51. The Labute approximate surface area is 209 Å². The number of para-hydroxylation sites is 1. The number of amides is 1. The zero-order valence-corrected chi connectivity index (χ0v) is 20.7. The van der Waals surface area contributed by atoms with Crippen molar-refractivity contribution < 1.29 is 24.2 Å². The summed E-state index contributed by atoms with van der Waals surface area (Å²) in [6.07, 6.45) is -0.00524. The van der Waals surface area contributed by atoms with Gasteiger partial charge in [0.2, 0.25) is 0 Å². The molecule has 180 valence electrons. The first kappa shape index (κ1) is 24.4. The maximum Gasteiger partial charge on any atom is 0.300 e. The normalized spacial score (nSPS) is 17.2. The molecular weight excluding hydrogens is 466 g/mol. The molecule has 1 N–H and O–H groups in total. The van der Waals surface area contributed by atoms with Crippen molar-refractivity contribution >= 4 is 34.7 Å². The second kappa shape index (κ2) is 9.84. The SMILES string of the molecule is COc1c(Cl)cc(C)cc1/C(O)=C1\C(=O)C(=O)N(c2ccccc2)C1c1ccc(OC(C)C)cc1. The van der Waals surface area contributed by atoms with Crippen molar-refractivity contribution in [2.45, 2.75) is 32.9 Å². The first-order chi connectivity index (χ1) is 16.7. The smallest absolute Gasteiger partial charge is 0.300 e. The van der Waals surface area contributed by atoms with Crippen molar-refractivity contribution in [1.82, 2.24) is 0 Å². The first-order valence-electron chi connectivity index (χ1n) is 11.2. The second-order valence-electron chi connectivity index (χ2n) is 8.57. The molecule has 3 aromatic rings. The number of methoxy groups -OCH3 is 1. The van der Waals surface area contributed by atoms with Gasteiger partial charge in [-0.1, -0.05) is 41.9 Å². The van der Waals surface area contributed by atoms with Gasteiger partial charge >= 0.3 is 0 Å². The lowest BCUT2D eigenvalue weighted by Gasteiger charge is -2.26. The van der Waals surface area contributed by atoms with Crippen LogP contribution in [0.5, 0.6) is 11.5 Å². The second-order valence-corrected chi connectivity index (χ2v) is 8.98. The number of carbonyl (C=O) groups excluding carboxylic acids is 2. The summed E-state index contributed by atoms with van der Waals surface area (Å²) in [5, 5.41) is 11.7. The summed E-state index contributed by atoms with van der Waals surface area (Å²) in [4.78, 5) is 28.0. The highest BCUT2D eigenvalue weighted by Gasteiger charge is 2.47. The number of ether oxygens (including phenoxy) is 2. The quantitative estimate of drug-likeness (QED) is 0.257. The van der Waals surface area contributed by atoms with Crippen LogP contribution in [-0.2, 0) is 9.59 Å². The van der Waals surface area contributed by atoms with Gasteiger partial charge in [0.15, 0.2) is 0 Å². The van der Waals surface area contributed by atoms with E-state index in [1.807, 2.05) is 26.8 Å². The van der Waals surface area contributed by atoms with Gasteiger partial charge in [0.1, 0.15) is 17.3 Å². The average molecular weight is 492 g/mol. The lowest BCUT2D eigenvalue weighted by atomic mass is 9.94. The summed E-state index contributed by atoms with van der Waals surface area (Å²) < 4.78 is 11.2. The molecule has 0 saturated carbocycles. The third-order valence-corrected chi connectivity index (χ3v) is 5.97. The predicted molar refractivity (Wildman–Crippen MR) is 136 cm³/mol. The fourth-order valence-corrected chi connectivity index (χ4v) is 4.61. The number of nitrogens with zero attached hydrogens (tertiary/aromatic N) is 1. The van der Waals surface area contributed by atoms with Crippen molar-refractivity contribution in [3.8, 4) is 11.5 Å². The Bertz CT molecular complexity index is 1300. The Hall–Kier alpha value is -3.77. The Balaban J connectivity index is 1.95. The number of hydrogen-bond acceptors (Lipinski definition) is 5. The molecule has 0 bridgehead atoms. The van der Waals surface area contributed by atoms with Gasteiger partial charge in [0, 0.05) is 5.69 Å². The third kappa shape index (κ3) is 4.62. The number of carbonyl (C=O) groups is 2. The van der Waals surface area contributed by atoms with E-state index in [1.165, 1.54) is 12.0 Å². The van der Waals surface area contributed by atoms with E-state index in [0.29, 0.717) is 17.0 Å². The van der Waals surface area contributed by atoms with E-state index >= 15 is 0 Å². The van der Waals surface area contributed by atoms with Crippen LogP contribution in [0.1, 0.15) is 36.6 Å². The topological polar surface area (TPSA) is 76.1 Å². The minimum Gasteiger partial charge on any atom is -0.507 e. The summed E-state index contributed by atoms with van der Waals surface area (Å²) >= 11 is 6.35. The van der Waals surface area contributed by atoms with Crippen LogP contribution in [0.2, 0.25) is 5.02 Å². The van der Waals surface area contributed by atoms with Gasteiger partial charge in [-0.25, -0.2) is 0 Å². The number of aliphatic hydroxyl groups is 1. The molecule has 1 unspecified atom stereocenters. The molecule has 1 aliphatic heterocycles. The molecule has 1 aliphatic rings. The molecule has 0 aliphatic carbocycles. The molecule has 1 fully saturated rings. The van der Waals surface area contributed by atoms with E-state index in [1.54, 1.807) is 60.7 Å². The zero-order valence-electron chi connectivity index (χ0n) is 19.9. The number of aryl methyl sites for hydroxylation is 1. The van der Waals surface area contributed by atoms with E-state index in [9.17, 15) is 14.7 Å². The number of anilines is 1. The van der Waals surface area contributed by atoms with E-state index in [4.69, 9.17) is 21.1 Å². The molecule has 0 spiro atoms. The van der Waals surface area contributed by atoms with E-state index < -0.39 is 17.7 Å². The molecule has 1 heterocycles. The van der Waals surface area contributed by atoms with Gasteiger partial charge in [0.05, 0.1) is 35.4 Å². The lowest BCUT2D eigenvalue weighted by molar-refractivity contribution is -0.132. The lowest BCUT2D eigenvalue weighted by Crippen LogP contribution is -2.29. The van der Waals surface area contributed by atoms with E-state index in [-0.39, 0.29) is 33.8 Å². The van der Waals surface area contributed by atoms with E-state index in [0.717, 1.165) is 5.56 Å².